The van der Waals surface area contributed by atoms with Crippen LogP contribution in [0.4, 0.5) is 0 Å². The number of hydrogen-bond acceptors (Lipinski definition) is 5. The Morgan fingerprint density at radius 2 is 1.72 bits per heavy atom. The zero-order chi connectivity index (χ0) is 20.9. The topological polar surface area (TPSA) is 66.5 Å². The average Bonchev–Trinajstić information content (AvgIpc) is 3.33. The highest BCUT2D eigenvalue weighted by atomic mass is 32.2. The second-order valence-corrected chi connectivity index (χ2v) is 11.4. The Kier molecular flexibility index (Phi) is 7.23. The van der Waals surface area contributed by atoms with Crippen molar-refractivity contribution in [2.45, 2.75) is 37.6 Å². The van der Waals surface area contributed by atoms with Crippen LogP contribution in [0.1, 0.15) is 27.1 Å². The number of nitrogens with zero attached hydrogens (tertiary/aromatic N) is 1. The van der Waals surface area contributed by atoms with Gasteiger partial charge in [-0.15, -0.1) is 22.7 Å². The first-order valence-electron chi connectivity index (χ1n) is 9.27. The lowest BCUT2D eigenvalue weighted by Gasteiger charge is -2.21. The fourth-order valence-electron chi connectivity index (χ4n) is 2.86. The molecule has 1 amide bonds. The van der Waals surface area contributed by atoms with Crippen LogP contribution in [-0.2, 0) is 34.3 Å². The number of amides is 1. The van der Waals surface area contributed by atoms with Crippen molar-refractivity contribution >= 4 is 38.6 Å². The highest BCUT2D eigenvalue weighted by molar-refractivity contribution is 7.91. The Bertz CT molecular complexity index is 1060. The third-order valence-electron chi connectivity index (χ3n) is 4.36. The number of rotatable bonds is 9. The fraction of sp³-hybridized carbons (Fsp3) is 0.286. The summed E-state index contributed by atoms with van der Waals surface area (Å²) in [6.45, 7) is 4.56. The number of benzene rings is 1. The summed E-state index contributed by atoms with van der Waals surface area (Å²) in [6, 6.07) is 17.3. The molecule has 0 atom stereocenters. The molecule has 0 aliphatic rings. The van der Waals surface area contributed by atoms with Crippen molar-refractivity contribution in [2.24, 2.45) is 0 Å². The predicted octanol–water partition coefficient (Wildman–Crippen LogP) is 4.19. The van der Waals surface area contributed by atoms with Crippen LogP contribution in [0.5, 0.6) is 0 Å². The molecule has 0 aliphatic heterocycles. The molecule has 0 radical (unpaired) electrons. The van der Waals surface area contributed by atoms with Gasteiger partial charge in [-0.1, -0.05) is 30.3 Å². The molecule has 2 heterocycles. The minimum atomic E-state index is -3.63. The highest BCUT2D eigenvalue weighted by Crippen LogP contribution is 2.28. The molecule has 5 nitrogen and oxygen atoms in total. The Hall–Kier alpha value is -2.00. The van der Waals surface area contributed by atoms with E-state index in [4.69, 9.17) is 0 Å². The van der Waals surface area contributed by atoms with Gasteiger partial charge in [0.05, 0.1) is 6.54 Å². The molecule has 8 heteroatoms. The van der Waals surface area contributed by atoms with Crippen molar-refractivity contribution < 1.29 is 13.2 Å². The van der Waals surface area contributed by atoms with E-state index in [1.54, 1.807) is 27.8 Å². The molecule has 0 saturated carbocycles. The van der Waals surface area contributed by atoms with Crippen molar-refractivity contribution in [3.05, 3.63) is 74.8 Å². The quantitative estimate of drug-likeness (QED) is 0.534. The lowest BCUT2D eigenvalue weighted by atomic mass is 10.1. The molecular formula is C21H24N2O3S3. The third-order valence-corrected chi connectivity index (χ3v) is 8.75. The van der Waals surface area contributed by atoms with E-state index < -0.39 is 10.0 Å². The van der Waals surface area contributed by atoms with Crippen LogP contribution in [0, 0.1) is 6.92 Å². The number of aryl methyl sites for hydroxylation is 1. The van der Waals surface area contributed by atoms with Crippen LogP contribution in [0.15, 0.2) is 58.8 Å². The zero-order valence-corrected chi connectivity index (χ0v) is 18.9. The molecule has 29 heavy (non-hydrogen) atoms. The maximum atomic E-state index is 13.4. The van der Waals surface area contributed by atoms with E-state index in [0.29, 0.717) is 30.3 Å². The second kappa shape index (κ2) is 9.67. The molecule has 3 rings (SSSR count). The smallest absolute Gasteiger partial charge is 0.252 e. The van der Waals surface area contributed by atoms with Crippen molar-refractivity contribution in [1.82, 2.24) is 9.62 Å². The van der Waals surface area contributed by atoms with Crippen LogP contribution in [0.3, 0.4) is 0 Å². The first-order chi connectivity index (χ1) is 13.8. The van der Waals surface area contributed by atoms with Gasteiger partial charge in [-0.3, -0.25) is 4.79 Å². The molecule has 3 aromatic rings. The second-order valence-electron chi connectivity index (χ2n) is 6.72. The molecule has 0 aliphatic carbocycles. The van der Waals surface area contributed by atoms with Crippen molar-refractivity contribution in [3.63, 3.8) is 0 Å². The van der Waals surface area contributed by atoms with Gasteiger partial charge < -0.3 is 5.32 Å². The van der Waals surface area contributed by atoms with Gasteiger partial charge in [0.2, 0.25) is 5.91 Å². The summed E-state index contributed by atoms with van der Waals surface area (Å²) in [5.41, 5.74) is 1.10. The summed E-state index contributed by atoms with van der Waals surface area (Å²) >= 11 is 2.82. The molecule has 0 unspecified atom stereocenters. The number of sulfonamides is 1. The summed E-state index contributed by atoms with van der Waals surface area (Å²) in [6.07, 6.45) is 0.647. The standard InChI is InChI=1S/C21H24N2O3S3/c1-16-8-9-20(27-16)15-23(13-12-18-6-4-3-5-7-18)29(25,26)21-11-10-19(28-21)14-22-17(2)24/h3-11H,12-15H2,1-2H3,(H,22,24). The molecular weight excluding hydrogens is 424 g/mol. The summed E-state index contributed by atoms with van der Waals surface area (Å²) in [7, 11) is -3.63. The first kappa shape index (κ1) is 21.7. The van der Waals surface area contributed by atoms with Crippen molar-refractivity contribution in [1.29, 1.82) is 0 Å². The summed E-state index contributed by atoms with van der Waals surface area (Å²) in [5.74, 6) is -0.139. The maximum absolute atomic E-state index is 13.4. The van der Waals surface area contributed by atoms with E-state index in [-0.39, 0.29) is 5.91 Å². The van der Waals surface area contributed by atoms with Gasteiger partial charge in [-0.2, -0.15) is 4.31 Å². The van der Waals surface area contributed by atoms with Gasteiger partial charge >= 0.3 is 0 Å². The maximum Gasteiger partial charge on any atom is 0.252 e. The molecule has 0 fully saturated rings. The number of hydrogen-bond donors (Lipinski definition) is 1. The molecule has 154 valence electrons. The minimum Gasteiger partial charge on any atom is -0.351 e. The molecule has 1 aromatic carbocycles. The monoisotopic (exact) mass is 448 g/mol. The van der Waals surface area contributed by atoms with Crippen molar-refractivity contribution in [2.75, 3.05) is 6.54 Å². The Morgan fingerprint density at radius 3 is 2.38 bits per heavy atom. The summed E-state index contributed by atoms with van der Waals surface area (Å²) in [4.78, 5) is 14.1. The van der Waals surface area contributed by atoms with Crippen LogP contribution < -0.4 is 5.32 Å². The zero-order valence-electron chi connectivity index (χ0n) is 16.4. The van der Waals surface area contributed by atoms with Gasteiger partial charge in [0, 0.05) is 34.6 Å². The van der Waals surface area contributed by atoms with E-state index in [2.05, 4.69) is 5.32 Å². The Balaban J connectivity index is 1.81. The van der Waals surface area contributed by atoms with Crippen molar-refractivity contribution in [3.8, 4) is 0 Å². The third kappa shape index (κ3) is 5.99. The lowest BCUT2D eigenvalue weighted by Crippen LogP contribution is -2.31. The lowest BCUT2D eigenvalue weighted by molar-refractivity contribution is -0.119. The predicted molar refractivity (Wildman–Crippen MR) is 119 cm³/mol. The van der Waals surface area contributed by atoms with Crippen LogP contribution >= 0.6 is 22.7 Å². The van der Waals surface area contributed by atoms with E-state index in [9.17, 15) is 13.2 Å². The summed E-state index contributed by atoms with van der Waals surface area (Å²) < 4.78 is 28.6. The molecule has 2 aromatic heterocycles. The van der Waals surface area contributed by atoms with Gasteiger partial charge in [-0.25, -0.2) is 8.42 Å². The van der Waals surface area contributed by atoms with E-state index in [1.165, 1.54) is 18.3 Å². The average molecular weight is 449 g/mol. The van der Waals surface area contributed by atoms with E-state index in [1.807, 2.05) is 49.4 Å². The fourth-order valence-corrected chi connectivity index (χ4v) is 6.71. The highest BCUT2D eigenvalue weighted by Gasteiger charge is 2.26. The van der Waals surface area contributed by atoms with Gasteiger partial charge in [0.1, 0.15) is 4.21 Å². The molecule has 0 bridgehead atoms. The summed E-state index contributed by atoms with van der Waals surface area (Å²) in [5, 5.41) is 2.71. The van der Waals surface area contributed by atoms with Crippen LogP contribution in [-0.4, -0.2) is 25.2 Å². The van der Waals surface area contributed by atoms with Crippen LogP contribution in [0.2, 0.25) is 0 Å². The number of nitrogens with one attached hydrogen (secondary N) is 1. The van der Waals surface area contributed by atoms with E-state index in [0.717, 1.165) is 20.2 Å². The largest absolute Gasteiger partial charge is 0.351 e. The number of carbonyl (C=O) groups is 1. The minimum absolute atomic E-state index is 0.139. The van der Waals surface area contributed by atoms with Gasteiger partial charge in [-0.05, 0) is 43.2 Å². The Morgan fingerprint density at radius 1 is 1.00 bits per heavy atom. The normalized spacial score (nSPS) is 11.7. The first-order valence-corrected chi connectivity index (χ1v) is 12.3. The molecule has 0 spiro atoms. The van der Waals surface area contributed by atoms with Gasteiger partial charge in [0.15, 0.2) is 0 Å². The number of thiophene rings is 2. The van der Waals surface area contributed by atoms with E-state index >= 15 is 0 Å². The van der Waals surface area contributed by atoms with Gasteiger partial charge in [0.25, 0.3) is 10.0 Å². The van der Waals surface area contributed by atoms with Crippen LogP contribution in [0.25, 0.3) is 0 Å². The Labute approximate surface area is 180 Å². The molecule has 0 saturated heterocycles. The molecule has 1 N–H and O–H groups in total. The SMILES string of the molecule is CC(=O)NCc1ccc(S(=O)(=O)N(CCc2ccccc2)Cc2ccc(C)s2)s1. The number of carbonyl (C=O) groups excluding carboxylic acids is 1.